The van der Waals surface area contributed by atoms with Gasteiger partial charge in [0.15, 0.2) is 6.29 Å². The third kappa shape index (κ3) is 5.30. The SMILES string of the molecule is Cc1csc(NN=Cc2ccc(OCCC3OCCCO3)cc2)n1. The number of hydrogen-bond donors (Lipinski definition) is 1. The Morgan fingerprint density at radius 3 is 2.83 bits per heavy atom. The number of hydrazone groups is 1. The predicted molar refractivity (Wildman–Crippen MR) is 94.9 cm³/mol. The minimum Gasteiger partial charge on any atom is -0.493 e. The van der Waals surface area contributed by atoms with E-state index in [-0.39, 0.29) is 6.29 Å². The van der Waals surface area contributed by atoms with Crippen molar-refractivity contribution >= 4 is 22.7 Å². The molecule has 7 heteroatoms. The van der Waals surface area contributed by atoms with Crippen LogP contribution in [-0.2, 0) is 9.47 Å². The second-order valence-corrected chi connectivity index (χ2v) is 6.25. The Kier molecular flexibility index (Phi) is 6.17. The molecule has 2 aromatic rings. The van der Waals surface area contributed by atoms with E-state index in [2.05, 4.69) is 15.5 Å². The smallest absolute Gasteiger partial charge is 0.203 e. The van der Waals surface area contributed by atoms with Crippen LogP contribution < -0.4 is 10.2 Å². The summed E-state index contributed by atoms with van der Waals surface area (Å²) < 4.78 is 16.7. The normalized spacial score (nSPS) is 15.7. The minimum atomic E-state index is -0.134. The summed E-state index contributed by atoms with van der Waals surface area (Å²) in [5.41, 5.74) is 4.89. The van der Waals surface area contributed by atoms with E-state index in [1.165, 1.54) is 11.3 Å². The van der Waals surface area contributed by atoms with E-state index in [9.17, 15) is 0 Å². The van der Waals surface area contributed by atoms with Crippen molar-refractivity contribution in [2.45, 2.75) is 26.1 Å². The Balaban J connectivity index is 1.41. The first-order valence-electron chi connectivity index (χ1n) is 7.97. The van der Waals surface area contributed by atoms with Crippen molar-refractivity contribution in [2.24, 2.45) is 5.10 Å². The molecule has 0 aliphatic carbocycles. The van der Waals surface area contributed by atoms with Crippen molar-refractivity contribution in [3.8, 4) is 5.75 Å². The van der Waals surface area contributed by atoms with Crippen LogP contribution in [0.25, 0.3) is 0 Å². The van der Waals surface area contributed by atoms with Gasteiger partial charge in [-0.2, -0.15) is 5.10 Å². The van der Waals surface area contributed by atoms with Gasteiger partial charge < -0.3 is 14.2 Å². The van der Waals surface area contributed by atoms with E-state index in [1.54, 1.807) is 6.21 Å². The lowest BCUT2D eigenvalue weighted by molar-refractivity contribution is -0.183. The Morgan fingerprint density at radius 1 is 1.33 bits per heavy atom. The van der Waals surface area contributed by atoms with Crippen LogP contribution in [0.4, 0.5) is 5.13 Å². The molecular weight excluding hydrogens is 326 g/mol. The maximum Gasteiger partial charge on any atom is 0.203 e. The number of nitrogens with zero attached hydrogens (tertiary/aromatic N) is 2. The maximum atomic E-state index is 5.71. The number of nitrogens with one attached hydrogen (secondary N) is 1. The number of anilines is 1. The number of benzene rings is 1. The van der Waals surface area contributed by atoms with Gasteiger partial charge in [0.1, 0.15) is 5.75 Å². The molecule has 0 radical (unpaired) electrons. The fraction of sp³-hybridized carbons (Fsp3) is 0.412. The van der Waals surface area contributed by atoms with Crippen molar-refractivity contribution in [1.29, 1.82) is 0 Å². The van der Waals surface area contributed by atoms with Crippen LogP contribution in [0.2, 0.25) is 0 Å². The monoisotopic (exact) mass is 347 g/mol. The van der Waals surface area contributed by atoms with Crippen LogP contribution in [0.5, 0.6) is 5.75 Å². The maximum absolute atomic E-state index is 5.71. The quantitative estimate of drug-likeness (QED) is 0.614. The molecule has 0 atom stereocenters. The molecule has 0 spiro atoms. The zero-order valence-corrected chi connectivity index (χ0v) is 14.4. The van der Waals surface area contributed by atoms with Gasteiger partial charge in [0.05, 0.1) is 31.7 Å². The molecule has 0 bridgehead atoms. The predicted octanol–water partition coefficient (Wildman–Crippen LogP) is 3.43. The summed E-state index contributed by atoms with van der Waals surface area (Å²) in [5, 5.41) is 6.94. The first-order chi connectivity index (χ1) is 11.8. The molecule has 0 saturated carbocycles. The highest BCUT2D eigenvalue weighted by molar-refractivity contribution is 7.13. The highest BCUT2D eigenvalue weighted by Crippen LogP contribution is 2.15. The Labute approximate surface area is 145 Å². The molecule has 3 rings (SSSR count). The average molecular weight is 347 g/mol. The molecule has 1 saturated heterocycles. The van der Waals surface area contributed by atoms with E-state index >= 15 is 0 Å². The van der Waals surface area contributed by atoms with Crippen LogP contribution in [-0.4, -0.2) is 37.3 Å². The zero-order valence-electron chi connectivity index (χ0n) is 13.6. The van der Waals surface area contributed by atoms with Gasteiger partial charge in [-0.05, 0) is 43.2 Å². The summed E-state index contributed by atoms with van der Waals surface area (Å²) >= 11 is 1.53. The first-order valence-corrected chi connectivity index (χ1v) is 8.85. The third-order valence-electron chi connectivity index (χ3n) is 3.39. The standard InChI is InChI=1S/C17H21N3O3S/c1-13-12-24-17(19-13)20-18-11-14-3-5-15(6-4-14)21-10-7-16-22-8-2-9-23-16/h3-6,11-12,16H,2,7-10H2,1H3,(H,19,20). The number of thiazole rings is 1. The van der Waals surface area contributed by atoms with E-state index in [0.717, 1.165) is 48.2 Å². The number of rotatable bonds is 7. The van der Waals surface area contributed by atoms with Gasteiger partial charge in [-0.1, -0.05) is 0 Å². The summed E-state index contributed by atoms with van der Waals surface area (Å²) in [6.07, 6.45) is 3.33. The average Bonchev–Trinajstić information content (AvgIpc) is 3.03. The summed E-state index contributed by atoms with van der Waals surface area (Å²) in [6, 6.07) is 7.78. The molecule has 1 aromatic carbocycles. The van der Waals surface area contributed by atoms with Crippen LogP contribution in [0.15, 0.2) is 34.7 Å². The molecule has 0 unspecified atom stereocenters. The van der Waals surface area contributed by atoms with Gasteiger partial charge in [0, 0.05) is 11.8 Å². The number of aromatic nitrogens is 1. The topological polar surface area (TPSA) is 65.0 Å². The van der Waals surface area contributed by atoms with Gasteiger partial charge in [-0.15, -0.1) is 11.3 Å². The minimum absolute atomic E-state index is 0.134. The molecule has 128 valence electrons. The fourth-order valence-electron chi connectivity index (χ4n) is 2.19. The van der Waals surface area contributed by atoms with E-state index in [4.69, 9.17) is 14.2 Å². The summed E-state index contributed by atoms with van der Waals surface area (Å²) in [4.78, 5) is 4.28. The Morgan fingerprint density at radius 2 is 2.12 bits per heavy atom. The molecule has 24 heavy (non-hydrogen) atoms. The van der Waals surface area contributed by atoms with Crippen molar-refractivity contribution in [2.75, 3.05) is 25.2 Å². The molecule has 1 aliphatic heterocycles. The van der Waals surface area contributed by atoms with Gasteiger partial charge >= 0.3 is 0 Å². The highest BCUT2D eigenvalue weighted by atomic mass is 32.1. The van der Waals surface area contributed by atoms with Crippen molar-refractivity contribution in [3.63, 3.8) is 0 Å². The van der Waals surface area contributed by atoms with Gasteiger partial charge in [0.25, 0.3) is 0 Å². The van der Waals surface area contributed by atoms with E-state index < -0.39 is 0 Å². The lowest BCUT2D eigenvalue weighted by Gasteiger charge is -2.23. The summed E-state index contributed by atoms with van der Waals surface area (Å²) in [7, 11) is 0. The molecule has 0 amide bonds. The first kappa shape index (κ1) is 16.9. The zero-order chi connectivity index (χ0) is 16.6. The number of hydrogen-bond acceptors (Lipinski definition) is 7. The molecule has 1 N–H and O–H groups in total. The van der Waals surface area contributed by atoms with Crippen molar-refractivity contribution in [1.82, 2.24) is 4.98 Å². The van der Waals surface area contributed by atoms with Gasteiger partial charge in [0.2, 0.25) is 5.13 Å². The molecule has 1 aliphatic rings. The molecule has 6 nitrogen and oxygen atoms in total. The van der Waals surface area contributed by atoms with Crippen LogP contribution >= 0.6 is 11.3 Å². The van der Waals surface area contributed by atoms with E-state index in [0.29, 0.717) is 6.61 Å². The van der Waals surface area contributed by atoms with Gasteiger partial charge in [-0.3, -0.25) is 5.43 Å². The molecule has 1 aromatic heterocycles. The largest absolute Gasteiger partial charge is 0.493 e. The highest BCUT2D eigenvalue weighted by Gasteiger charge is 2.13. The van der Waals surface area contributed by atoms with Crippen LogP contribution in [0.1, 0.15) is 24.1 Å². The lowest BCUT2D eigenvalue weighted by atomic mass is 10.2. The van der Waals surface area contributed by atoms with Crippen molar-refractivity contribution in [3.05, 3.63) is 40.9 Å². The van der Waals surface area contributed by atoms with Crippen LogP contribution in [0, 0.1) is 6.92 Å². The second-order valence-electron chi connectivity index (χ2n) is 5.39. The number of ether oxygens (including phenoxy) is 3. The molecular formula is C17H21N3O3S. The third-order valence-corrected chi connectivity index (χ3v) is 4.26. The summed E-state index contributed by atoms with van der Waals surface area (Å²) in [5.74, 6) is 0.825. The Bertz CT molecular complexity index is 651. The fourth-order valence-corrected chi connectivity index (χ4v) is 2.83. The molecule has 2 heterocycles. The van der Waals surface area contributed by atoms with Gasteiger partial charge in [-0.25, -0.2) is 4.98 Å². The second kappa shape index (κ2) is 8.77. The number of aryl methyl sites for hydroxylation is 1. The summed E-state index contributed by atoms with van der Waals surface area (Å²) in [6.45, 7) is 4.07. The van der Waals surface area contributed by atoms with E-state index in [1.807, 2.05) is 36.6 Å². The van der Waals surface area contributed by atoms with Crippen molar-refractivity contribution < 1.29 is 14.2 Å². The lowest BCUT2D eigenvalue weighted by Crippen LogP contribution is -2.26. The van der Waals surface area contributed by atoms with Crippen LogP contribution in [0.3, 0.4) is 0 Å². The Hall–Kier alpha value is -1.96. The molecule has 1 fully saturated rings.